The van der Waals surface area contributed by atoms with Crippen molar-refractivity contribution in [2.75, 3.05) is 0 Å². The van der Waals surface area contributed by atoms with Gasteiger partial charge >= 0.3 is 0 Å². The van der Waals surface area contributed by atoms with E-state index in [4.69, 9.17) is 0 Å². The number of benzene rings is 1. The molecule has 0 aliphatic heterocycles. The van der Waals surface area contributed by atoms with Crippen molar-refractivity contribution >= 4 is 0 Å². The third-order valence-electron chi connectivity index (χ3n) is 8.57. The van der Waals surface area contributed by atoms with Crippen molar-refractivity contribution in [2.45, 2.75) is 129 Å². The zero-order valence-electron chi connectivity index (χ0n) is 20.3. The van der Waals surface area contributed by atoms with Gasteiger partial charge in [-0.05, 0) is 79.7 Å². The van der Waals surface area contributed by atoms with Crippen LogP contribution in [-0.2, 0) is 12.8 Å². The molecule has 2 aliphatic rings. The molecule has 1 aromatic rings. The molecule has 0 saturated heterocycles. The van der Waals surface area contributed by atoms with Gasteiger partial charge < -0.3 is 0 Å². The van der Waals surface area contributed by atoms with Crippen molar-refractivity contribution in [1.82, 2.24) is 0 Å². The van der Waals surface area contributed by atoms with Crippen LogP contribution in [0.25, 0.3) is 0 Å². The fourth-order valence-electron chi connectivity index (χ4n) is 6.47. The molecule has 0 unspecified atom stereocenters. The first-order valence-corrected chi connectivity index (χ1v) is 13.9. The average Bonchev–Trinajstić information content (AvgIpc) is 2.79. The summed E-state index contributed by atoms with van der Waals surface area (Å²) in [6.07, 6.45) is 26.3. The maximum Gasteiger partial charge on any atom is -0.0276 e. The van der Waals surface area contributed by atoms with Crippen molar-refractivity contribution in [2.24, 2.45) is 23.7 Å². The smallest absolute Gasteiger partial charge is 0.0276 e. The standard InChI is InChI=1S/C30H50/c1-3-5-6-7-8-10-26-17-21-29(22-18-26)30-23-19-28(20-24-30)16-15-27-13-11-25(9-4-2)12-14-27/h11-14,26,28-30H,3-10,15-24H2,1-2H3/t26-,28-,29-,30-. The highest BCUT2D eigenvalue weighted by atomic mass is 14.4. The van der Waals surface area contributed by atoms with E-state index < -0.39 is 0 Å². The van der Waals surface area contributed by atoms with Crippen LogP contribution in [0.2, 0.25) is 0 Å². The van der Waals surface area contributed by atoms with Crippen molar-refractivity contribution in [3.8, 4) is 0 Å². The van der Waals surface area contributed by atoms with Crippen LogP contribution in [0, 0.1) is 23.7 Å². The second-order valence-electron chi connectivity index (χ2n) is 10.9. The highest BCUT2D eigenvalue weighted by molar-refractivity contribution is 5.22. The van der Waals surface area contributed by atoms with Crippen LogP contribution < -0.4 is 0 Å². The minimum Gasteiger partial charge on any atom is -0.0654 e. The molecule has 30 heavy (non-hydrogen) atoms. The van der Waals surface area contributed by atoms with Crippen molar-refractivity contribution < 1.29 is 0 Å². The highest BCUT2D eigenvalue weighted by Crippen LogP contribution is 2.43. The van der Waals surface area contributed by atoms with Crippen molar-refractivity contribution in [1.29, 1.82) is 0 Å². The van der Waals surface area contributed by atoms with Crippen LogP contribution in [0.4, 0.5) is 0 Å². The zero-order valence-corrected chi connectivity index (χ0v) is 20.3. The maximum atomic E-state index is 2.39. The predicted molar refractivity (Wildman–Crippen MR) is 133 cm³/mol. The largest absolute Gasteiger partial charge is 0.0654 e. The quantitative estimate of drug-likeness (QED) is 0.301. The molecule has 0 heteroatoms. The summed E-state index contributed by atoms with van der Waals surface area (Å²) in [5.74, 6) is 4.22. The van der Waals surface area contributed by atoms with Gasteiger partial charge in [0.15, 0.2) is 0 Å². The van der Waals surface area contributed by atoms with Gasteiger partial charge in [0.25, 0.3) is 0 Å². The summed E-state index contributed by atoms with van der Waals surface area (Å²) in [5, 5.41) is 0. The van der Waals surface area contributed by atoms with E-state index in [2.05, 4.69) is 38.1 Å². The molecule has 0 amide bonds. The first-order chi connectivity index (χ1) is 14.8. The summed E-state index contributed by atoms with van der Waals surface area (Å²) in [4.78, 5) is 0. The van der Waals surface area contributed by atoms with E-state index in [0.29, 0.717) is 0 Å². The van der Waals surface area contributed by atoms with E-state index in [9.17, 15) is 0 Å². The average molecular weight is 411 g/mol. The Bertz CT molecular complexity index is 540. The van der Waals surface area contributed by atoms with Gasteiger partial charge in [-0.2, -0.15) is 0 Å². The number of hydrogen-bond donors (Lipinski definition) is 0. The Labute approximate surface area is 188 Å². The molecular weight excluding hydrogens is 360 g/mol. The molecule has 0 heterocycles. The molecule has 0 bridgehead atoms. The predicted octanol–water partition coefficient (Wildman–Crippen LogP) is 9.54. The van der Waals surface area contributed by atoms with E-state index in [1.54, 1.807) is 31.2 Å². The maximum absolute atomic E-state index is 2.39. The summed E-state index contributed by atoms with van der Waals surface area (Å²) < 4.78 is 0. The minimum atomic E-state index is 0.996. The Hall–Kier alpha value is -0.780. The first kappa shape index (κ1) is 23.9. The molecule has 2 saturated carbocycles. The van der Waals surface area contributed by atoms with Gasteiger partial charge in [-0.3, -0.25) is 0 Å². The number of hydrogen-bond acceptors (Lipinski definition) is 0. The Morgan fingerprint density at radius 3 is 1.57 bits per heavy atom. The van der Waals surface area contributed by atoms with Crippen LogP contribution in [-0.4, -0.2) is 0 Å². The van der Waals surface area contributed by atoms with Gasteiger partial charge in [-0.15, -0.1) is 0 Å². The molecule has 1 aromatic carbocycles. The van der Waals surface area contributed by atoms with E-state index >= 15 is 0 Å². The van der Waals surface area contributed by atoms with Crippen LogP contribution in [0.1, 0.15) is 128 Å². The molecule has 0 aromatic heterocycles. The molecule has 0 N–H and O–H groups in total. The normalized spacial score (nSPS) is 27.3. The van der Waals surface area contributed by atoms with Gasteiger partial charge in [-0.1, -0.05) is 109 Å². The summed E-state index contributed by atoms with van der Waals surface area (Å²) >= 11 is 0. The lowest BCUT2D eigenvalue weighted by Gasteiger charge is -2.38. The lowest BCUT2D eigenvalue weighted by atomic mass is 9.68. The van der Waals surface area contributed by atoms with Crippen LogP contribution >= 0.6 is 0 Å². The Kier molecular flexibility index (Phi) is 10.8. The Balaban J connectivity index is 1.27. The van der Waals surface area contributed by atoms with Crippen LogP contribution in [0.5, 0.6) is 0 Å². The van der Waals surface area contributed by atoms with Gasteiger partial charge in [0.2, 0.25) is 0 Å². The summed E-state index contributed by atoms with van der Waals surface area (Å²) in [7, 11) is 0. The van der Waals surface area contributed by atoms with Crippen LogP contribution in [0.15, 0.2) is 24.3 Å². The second kappa shape index (κ2) is 13.6. The number of rotatable bonds is 12. The van der Waals surface area contributed by atoms with Gasteiger partial charge in [0.05, 0.1) is 0 Å². The van der Waals surface area contributed by atoms with E-state index in [-0.39, 0.29) is 0 Å². The van der Waals surface area contributed by atoms with E-state index in [1.165, 1.54) is 95.5 Å². The van der Waals surface area contributed by atoms with E-state index in [0.717, 1.165) is 23.7 Å². The van der Waals surface area contributed by atoms with Crippen molar-refractivity contribution in [3.63, 3.8) is 0 Å². The second-order valence-corrected chi connectivity index (χ2v) is 10.9. The molecule has 0 radical (unpaired) electrons. The molecule has 2 aliphatic carbocycles. The lowest BCUT2D eigenvalue weighted by Crippen LogP contribution is -2.26. The van der Waals surface area contributed by atoms with Crippen molar-refractivity contribution in [3.05, 3.63) is 35.4 Å². The third-order valence-corrected chi connectivity index (χ3v) is 8.57. The van der Waals surface area contributed by atoms with Gasteiger partial charge in [-0.25, -0.2) is 0 Å². The lowest BCUT2D eigenvalue weighted by molar-refractivity contribution is 0.140. The fraction of sp³-hybridized carbons (Fsp3) is 0.800. The minimum absolute atomic E-state index is 0.996. The first-order valence-electron chi connectivity index (χ1n) is 13.9. The monoisotopic (exact) mass is 410 g/mol. The molecule has 170 valence electrons. The SMILES string of the molecule is CCCCCCC[C@H]1CC[C@H]([C@H]2CC[C@H](CCc3ccc(CCC)cc3)CC2)CC1. The topological polar surface area (TPSA) is 0 Å². The fourth-order valence-corrected chi connectivity index (χ4v) is 6.47. The summed E-state index contributed by atoms with van der Waals surface area (Å²) in [6.45, 7) is 4.59. The number of aryl methyl sites for hydroxylation is 2. The number of unbranched alkanes of at least 4 members (excludes halogenated alkanes) is 4. The van der Waals surface area contributed by atoms with Crippen LogP contribution in [0.3, 0.4) is 0 Å². The third kappa shape index (κ3) is 8.05. The van der Waals surface area contributed by atoms with E-state index in [1.807, 2.05) is 0 Å². The summed E-state index contributed by atoms with van der Waals surface area (Å²) in [5.41, 5.74) is 3.07. The Morgan fingerprint density at radius 1 is 0.533 bits per heavy atom. The molecule has 2 fully saturated rings. The van der Waals surface area contributed by atoms with Gasteiger partial charge in [0.1, 0.15) is 0 Å². The summed E-state index contributed by atoms with van der Waals surface area (Å²) in [6, 6.07) is 9.49. The molecule has 3 rings (SSSR count). The van der Waals surface area contributed by atoms with Gasteiger partial charge in [0, 0.05) is 0 Å². The molecule has 0 spiro atoms. The zero-order chi connectivity index (χ0) is 21.0. The highest BCUT2D eigenvalue weighted by Gasteiger charge is 2.30. The molecule has 0 atom stereocenters. The Morgan fingerprint density at radius 2 is 1.03 bits per heavy atom. The molecule has 0 nitrogen and oxygen atoms in total. The molecular formula is C30H50.